The zero-order valence-electron chi connectivity index (χ0n) is 33.6. The van der Waals surface area contributed by atoms with Crippen molar-refractivity contribution >= 4 is 61.3 Å². The Kier molecular flexibility index (Phi) is 12.2. The number of nitrogens with one attached hydrogen (secondary N) is 2. The number of hydrogen-bond donors (Lipinski definition) is 2. The highest BCUT2D eigenvalue weighted by molar-refractivity contribution is 7.90. The van der Waals surface area contributed by atoms with E-state index in [1.54, 1.807) is 30.5 Å². The number of carbonyl (C=O) groups excluding carboxylic acids is 1. The lowest BCUT2D eigenvalue weighted by molar-refractivity contribution is -0.0323. The first-order valence-corrected chi connectivity index (χ1v) is 22.4. The molecule has 3 heterocycles. The number of aromatic amines is 1. The molecule has 0 bridgehead atoms. The molecule has 0 radical (unpaired) electrons. The summed E-state index contributed by atoms with van der Waals surface area (Å²) in [5, 5.41) is 8.46. The molecular formula is C45H48Cl2FN5O6S. The Morgan fingerprint density at radius 2 is 1.70 bits per heavy atom. The second-order valence-electron chi connectivity index (χ2n) is 16.6. The molecule has 2 saturated heterocycles. The lowest BCUT2D eigenvalue weighted by Crippen LogP contribution is -2.47. The van der Waals surface area contributed by atoms with Gasteiger partial charge in [0.2, 0.25) is 0 Å². The maximum Gasteiger partial charge on any atom is 0.268 e. The molecule has 316 valence electrons. The smallest absolute Gasteiger partial charge is 0.268 e. The number of carbonyl (C=O) groups is 1. The van der Waals surface area contributed by atoms with E-state index in [4.69, 9.17) is 37.4 Å². The second kappa shape index (κ2) is 17.4. The Labute approximate surface area is 359 Å². The molecule has 0 unspecified atom stereocenters. The van der Waals surface area contributed by atoms with Gasteiger partial charge in [-0.25, -0.2) is 17.5 Å². The third kappa shape index (κ3) is 9.61. The summed E-state index contributed by atoms with van der Waals surface area (Å²) < 4.78 is 61.8. The molecule has 1 amide bonds. The number of hydrogen-bond acceptors (Lipinski definition) is 9. The van der Waals surface area contributed by atoms with E-state index in [-0.39, 0.29) is 51.8 Å². The number of rotatable bonds is 12. The average molecular weight is 877 g/mol. The fourth-order valence-corrected chi connectivity index (χ4v) is 9.53. The topological polar surface area (TPSA) is 126 Å². The van der Waals surface area contributed by atoms with Gasteiger partial charge in [-0.05, 0) is 90.4 Å². The predicted molar refractivity (Wildman–Crippen MR) is 233 cm³/mol. The van der Waals surface area contributed by atoms with Gasteiger partial charge in [-0.1, -0.05) is 60.8 Å². The van der Waals surface area contributed by atoms with E-state index in [1.807, 2.05) is 24.3 Å². The minimum Gasteiger partial charge on any atom is -0.489 e. The average Bonchev–Trinajstić information content (AvgIpc) is 3.72. The second-order valence-corrected chi connectivity index (χ2v) is 19.2. The maximum absolute atomic E-state index is 15.1. The number of alkyl halides is 1. The maximum atomic E-state index is 15.1. The van der Waals surface area contributed by atoms with E-state index in [0.29, 0.717) is 24.3 Å². The van der Waals surface area contributed by atoms with E-state index in [9.17, 15) is 13.2 Å². The monoisotopic (exact) mass is 875 g/mol. The van der Waals surface area contributed by atoms with E-state index in [0.717, 1.165) is 68.2 Å². The normalized spacial score (nSPS) is 18.4. The Morgan fingerprint density at radius 3 is 2.45 bits per heavy atom. The number of halogens is 3. The summed E-state index contributed by atoms with van der Waals surface area (Å²) in [7, 11) is -4.42. The highest BCUT2D eigenvalue weighted by atomic mass is 35.5. The van der Waals surface area contributed by atoms with Crippen molar-refractivity contribution in [2.45, 2.75) is 56.5 Å². The number of nitrogens with zero attached hydrogens (tertiary/aromatic N) is 3. The van der Waals surface area contributed by atoms with Crippen LogP contribution in [-0.4, -0.2) is 87.6 Å². The third-order valence-electron chi connectivity index (χ3n) is 11.7. The van der Waals surface area contributed by atoms with Crippen molar-refractivity contribution in [2.75, 3.05) is 57.4 Å². The summed E-state index contributed by atoms with van der Waals surface area (Å²) in [5.41, 5.74) is 4.38. The summed E-state index contributed by atoms with van der Waals surface area (Å²) in [6.07, 6.45) is 5.23. The molecular weight excluding hydrogens is 828 g/mol. The van der Waals surface area contributed by atoms with Crippen LogP contribution >= 0.6 is 23.2 Å². The fraction of sp³-hybridized carbons (Fsp3) is 0.378. The van der Waals surface area contributed by atoms with Crippen molar-refractivity contribution < 1.29 is 31.8 Å². The summed E-state index contributed by atoms with van der Waals surface area (Å²) in [6.45, 7) is 9.07. The number of sulfonamides is 1. The fourth-order valence-electron chi connectivity index (χ4n) is 8.12. The zero-order chi connectivity index (χ0) is 42.1. The standard InChI is InChI=1S/C45H48Cl2FN5O6S/c1-44(2)15-14-31(36(26-44)30-6-8-32(46)9-7-30)28-52-18-20-53(21-19-52)33-10-12-35(42(24-33)59-40-5-3-4-39-37(40)27-49-50-39)43(54)51-60(55,56)34-11-13-41(38(47)25-34)58-29-45(48)16-22-57-23-17-45/h3-13,24-25,27H,14-23,26,28-29H2,1-2H3,(H,49,50)(H,51,54). The third-order valence-corrected chi connectivity index (χ3v) is 13.6. The number of allylic oxidation sites excluding steroid dienone is 1. The van der Waals surface area contributed by atoms with Crippen LogP contribution in [0.5, 0.6) is 17.2 Å². The number of fused-ring (bicyclic) bond motifs is 1. The molecule has 2 fully saturated rings. The molecule has 2 aliphatic heterocycles. The lowest BCUT2D eigenvalue weighted by Gasteiger charge is -2.39. The number of piperazine rings is 1. The van der Waals surface area contributed by atoms with E-state index in [1.165, 1.54) is 34.9 Å². The molecule has 2 N–H and O–H groups in total. The van der Waals surface area contributed by atoms with Crippen LogP contribution in [0.4, 0.5) is 10.1 Å². The number of amides is 1. The lowest BCUT2D eigenvalue weighted by atomic mass is 9.72. The first-order chi connectivity index (χ1) is 28.7. The van der Waals surface area contributed by atoms with Gasteiger partial charge in [-0.2, -0.15) is 5.10 Å². The Balaban J connectivity index is 0.994. The van der Waals surface area contributed by atoms with Crippen LogP contribution in [0, 0.1) is 5.41 Å². The number of aromatic nitrogens is 2. The van der Waals surface area contributed by atoms with Gasteiger partial charge in [0.25, 0.3) is 15.9 Å². The summed E-state index contributed by atoms with van der Waals surface area (Å²) in [5.74, 6) is -0.145. The van der Waals surface area contributed by atoms with Gasteiger partial charge < -0.3 is 19.1 Å². The molecule has 8 rings (SSSR count). The van der Waals surface area contributed by atoms with Crippen LogP contribution in [0.25, 0.3) is 16.5 Å². The minimum atomic E-state index is -4.42. The SMILES string of the molecule is CC1(C)CCC(CN2CCN(c3ccc(C(=O)NS(=O)(=O)c4ccc(OCC5(F)CCOCC5)c(Cl)c4)c(Oc4cccc5[nH]ncc45)c3)CC2)=C(c2ccc(Cl)cc2)C1. The highest BCUT2D eigenvalue weighted by Gasteiger charge is 2.34. The van der Waals surface area contributed by atoms with Gasteiger partial charge in [0.15, 0.2) is 0 Å². The molecule has 1 aliphatic carbocycles. The molecule has 0 atom stereocenters. The van der Waals surface area contributed by atoms with E-state index < -0.39 is 21.6 Å². The Bertz CT molecular complexity index is 2510. The highest BCUT2D eigenvalue weighted by Crippen LogP contribution is 2.44. The van der Waals surface area contributed by atoms with E-state index in [2.05, 4.69) is 50.7 Å². The van der Waals surface area contributed by atoms with Crippen LogP contribution in [0.2, 0.25) is 10.0 Å². The van der Waals surface area contributed by atoms with Crippen LogP contribution in [0.3, 0.4) is 0 Å². The van der Waals surface area contributed by atoms with Crippen molar-refractivity contribution in [1.82, 2.24) is 19.8 Å². The largest absolute Gasteiger partial charge is 0.489 e. The summed E-state index contributed by atoms with van der Waals surface area (Å²) in [6, 6.07) is 22.6. The molecule has 0 saturated carbocycles. The van der Waals surface area contributed by atoms with Crippen LogP contribution in [0.1, 0.15) is 61.9 Å². The molecule has 1 aromatic heterocycles. The molecule has 15 heteroatoms. The summed E-state index contributed by atoms with van der Waals surface area (Å²) >= 11 is 12.7. The van der Waals surface area contributed by atoms with Gasteiger partial charge >= 0.3 is 0 Å². The molecule has 5 aromatic rings. The van der Waals surface area contributed by atoms with Gasteiger partial charge in [-0.15, -0.1) is 0 Å². The van der Waals surface area contributed by atoms with Gasteiger partial charge in [0.1, 0.15) is 29.5 Å². The van der Waals surface area contributed by atoms with Crippen LogP contribution in [0.15, 0.2) is 95.5 Å². The quantitative estimate of drug-likeness (QED) is 0.126. The Morgan fingerprint density at radius 1 is 0.933 bits per heavy atom. The minimum absolute atomic E-state index is 0.0131. The Hall–Kier alpha value is -4.66. The zero-order valence-corrected chi connectivity index (χ0v) is 35.9. The molecule has 0 spiro atoms. The van der Waals surface area contributed by atoms with E-state index >= 15 is 4.39 Å². The number of anilines is 1. The number of benzene rings is 4. The first kappa shape index (κ1) is 42.0. The molecule has 4 aromatic carbocycles. The van der Waals surface area contributed by atoms with Crippen molar-refractivity contribution in [3.8, 4) is 17.2 Å². The van der Waals surface area contributed by atoms with Crippen molar-refractivity contribution in [1.29, 1.82) is 0 Å². The number of ether oxygens (including phenoxy) is 3. The first-order valence-electron chi connectivity index (χ1n) is 20.2. The summed E-state index contributed by atoms with van der Waals surface area (Å²) in [4.78, 5) is 18.4. The van der Waals surface area contributed by atoms with Crippen molar-refractivity contribution in [3.63, 3.8) is 0 Å². The molecule has 11 nitrogen and oxygen atoms in total. The molecule has 60 heavy (non-hydrogen) atoms. The van der Waals surface area contributed by atoms with Crippen molar-refractivity contribution in [2.24, 2.45) is 5.41 Å². The van der Waals surface area contributed by atoms with Crippen molar-refractivity contribution in [3.05, 3.63) is 112 Å². The predicted octanol–water partition coefficient (Wildman–Crippen LogP) is 9.46. The van der Waals surface area contributed by atoms with Gasteiger partial charge in [0, 0.05) is 75.6 Å². The van der Waals surface area contributed by atoms with Crippen LogP contribution < -0.4 is 19.1 Å². The van der Waals surface area contributed by atoms with Gasteiger partial charge in [0.05, 0.1) is 32.6 Å². The van der Waals surface area contributed by atoms with Crippen LogP contribution in [-0.2, 0) is 14.8 Å². The van der Waals surface area contributed by atoms with Gasteiger partial charge in [-0.3, -0.25) is 14.8 Å². The molecule has 3 aliphatic rings. The number of H-pyrrole nitrogens is 1.